The van der Waals surface area contributed by atoms with Gasteiger partial charge in [0.15, 0.2) is 5.60 Å². The monoisotopic (exact) mass is 999 g/mol. The normalized spacial score (nSPS) is 17.2. The largest absolute Gasteiger partial charge is 0.458 e. The van der Waals surface area contributed by atoms with Crippen molar-refractivity contribution in [3.63, 3.8) is 0 Å². The van der Waals surface area contributed by atoms with Gasteiger partial charge < -0.3 is 66.7 Å². The van der Waals surface area contributed by atoms with E-state index >= 15 is 4.39 Å². The number of aromatic nitrogens is 2. The van der Waals surface area contributed by atoms with Crippen molar-refractivity contribution in [2.24, 2.45) is 17.4 Å². The van der Waals surface area contributed by atoms with Crippen molar-refractivity contribution in [3.8, 4) is 11.4 Å². The molecule has 4 atom stereocenters. The minimum Gasteiger partial charge on any atom is -0.458 e. The van der Waals surface area contributed by atoms with Crippen molar-refractivity contribution >= 4 is 52.4 Å². The second-order valence-corrected chi connectivity index (χ2v) is 18.4. The predicted molar refractivity (Wildman–Crippen MR) is 260 cm³/mol. The van der Waals surface area contributed by atoms with Crippen LogP contribution in [0.5, 0.6) is 0 Å². The minimum atomic E-state index is -2.04. The molecule has 0 saturated heterocycles. The van der Waals surface area contributed by atoms with Gasteiger partial charge in [0.2, 0.25) is 17.7 Å². The van der Waals surface area contributed by atoms with E-state index in [1.54, 1.807) is 58.0 Å². The molecule has 3 aliphatic rings. The zero-order valence-corrected chi connectivity index (χ0v) is 40.7. The number of urea groups is 1. The number of amides is 6. The lowest BCUT2D eigenvalue weighted by Crippen LogP contribution is -2.54. The summed E-state index contributed by atoms with van der Waals surface area (Å²) in [5, 5.41) is 25.8. The number of ether oxygens (including phenoxy) is 4. The van der Waals surface area contributed by atoms with Gasteiger partial charge in [-0.25, -0.2) is 23.8 Å². The van der Waals surface area contributed by atoms with E-state index in [0.717, 1.165) is 5.56 Å². The molecule has 4 aromatic rings. The molecular formula is C50H62FN9O12. The minimum absolute atomic E-state index is 0.00594. The number of nitrogens with one attached hydrogen (secondary N) is 5. The number of nitrogens with zero attached hydrogens (tertiary/aromatic N) is 2. The van der Waals surface area contributed by atoms with E-state index in [1.165, 1.54) is 10.6 Å². The van der Waals surface area contributed by atoms with Gasteiger partial charge in [-0.15, -0.1) is 0 Å². The fraction of sp³-hybridized carbons (Fsp3) is 0.480. The van der Waals surface area contributed by atoms with E-state index < -0.39 is 70.9 Å². The third-order valence-corrected chi connectivity index (χ3v) is 13.2. The molecule has 1 unspecified atom stereocenters. The highest BCUT2D eigenvalue weighted by molar-refractivity contribution is 5.98. The van der Waals surface area contributed by atoms with Crippen LogP contribution in [0.15, 0.2) is 41.2 Å². The summed E-state index contributed by atoms with van der Waals surface area (Å²) in [7, 11) is 0. The first kappa shape index (κ1) is 52.8. The summed E-state index contributed by atoms with van der Waals surface area (Å²) in [4.78, 5) is 96.5. The highest BCUT2D eigenvalue weighted by Gasteiger charge is 2.46. The number of aliphatic hydroxyl groups is 1. The number of benzene rings is 2. The molecule has 6 amide bonds. The van der Waals surface area contributed by atoms with Gasteiger partial charge in [-0.2, -0.15) is 0 Å². The lowest BCUT2D eigenvalue weighted by Gasteiger charge is -2.31. The Bertz CT molecular complexity index is 2800. The van der Waals surface area contributed by atoms with Crippen LogP contribution in [0, 0.1) is 18.7 Å². The van der Waals surface area contributed by atoms with Crippen LogP contribution >= 0.6 is 0 Å². The third-order valence-electron chi connectivity index (χ3n) is 13.2. The highest BCUT2D eigenvalue weighted by atomic mass is 19.1. The number of alkyl carbamates (subject to hydrolysis) is 1. The van der Waals surface area contributed by atoms with Crippen LogP contribution < -0.4 is 43.6 Å². The maximum atomic E-state index is 15.4. The third kappa shape index (κ3) is 11.5. The first-order valence-electron chi connectivity index (χ1n) is 24.1. The summed E-state index contributed by atoms with van der Waals surface area (Å²) in [5.74, 6) is -3.21. The summed E-state index contributed by atoms with van der Waals surface area (Å²) < 4.78 is 38.5. The molecular weight excluding hydrogens is 938 g/mol. The number of hydrogen-bond acceptors (Lipinski definition) is 14. The van der Waals surface area contributed by atoms with E-state index in [1.807, 2.05) is 0 Å². The molecule has 2 aliphatic heterocycles. The molecule has 0 radical (unpaired) electrons. The number of pyridine rings is 2. The predicted octanol–water partition coefficient (Wildman–Crippen LogP) is 2.84. The number of hydrogen-bond donors (Lipinski definition) is 8. The lowest BCUT2D eigenvalue weighted by molar-refractivity contribution is -0.172. The molecule has 10 N–H and O–H groups in total. The first-order chi connectivity index (χ1) is 34.4. The molecule has 72 heavy (non-hydrogen) atoms. The molecule has 386 valence electrons. The molecule has 4 heterocycles. The number of rotatable bonds is 22. The zero-order valence-electron chi connectivity index (χ0n) is 40.7. The molecule has 22 heteroatoms. The Morgan fingerprint density at radius 1 is 1.00 bits per heavy atom. The Hall–Kier alpha value is -7.01. The van der Waals surface area contributed by atoms with Crippen LogP contribution in [-0.2, 0) is 69.9 Å². The van der Waals surface area contributed by atoms with Crippen molar-refractivity contribution in [3.05, 3.63) is 91.5 Å². The smallest absolute Gasteiger partial charge is 0.407 e. The van der Waals surface area contributed by atoms with Gasteiger partial charge in [0.05, 0.1) is 61.5 Å². The highest BCUT2D eigenvalue weighted by Crippen LogP contribution is 2.46. The van der Waals surface area contributed by atoms with Crippen LogP contribution in [0.1, 0.15) is 97.9 Å². The molecule has 1 aliphatic carbocycles. The molecule has 21 nitrogen and oxygen atoms in total. The van der Waals surface area contributed by atoms with E-state index in [9.17, 15) is 38.7 Å². The Morgan fingerprint density at radius 2 is 1.74 bits per heavy atom. The summed E-state index contributed by atoms with van der Waals surface area (Å²) in [5.41, 5.74) is 12.9. The van der Waals surface area contributed by atoms with Gasteiger partial charge in [-0.1, -0.05) is 32.9 Å². The van der Waals surface area contributed by atoms with Crippen LogP contribution in [-0.4, -0.2) is 102 Å². The second kappa shape index (κ2) is 23.0. The van der Waals surface area contributed by atoms with Crippen molar-refractivity contribution in [1.29, 1.82) is 0 Å². The lowest BCUT2D eigenvalue weighted by atomic mass is 9.81. The number of esters is 1. The molecule has 0 spiro atoms. The SMILES string of the molecule is CC[C@@]1(O)C(=O)OCc2c1cc1n(c2=O)Cc2c-1nc1cc(F)c(C)c3c1c2[C@@H](NC(=O)OCc1ccc(NC(=O)C(CCCNC(N)=O)NC(=O)[C@H](NC(=O)CCOCCOCCN)C(C)C)cc1)CC3. The van der Waals surface area contributed by atoms with Gasteiger partial charge in [0.1, 0.15) is 31.1 Å². The molecule has 7 rings (SSSR count). The first-order valence-corrected chi connectivity index (χ1v) is 24.1. The van der Waals surface area contributed by atoms with Crippen molar-refractivity contribution in [1.82, 2.24) is 30.8 Å². The molecule has 0 bridgehead atoms. The maximum Gasteiger partial charge on any atom is 0.407 e. The van der Waals surface area contributed by atoms with E-state index in [2.05, 4.69) is 26.6 Å². The number of primary amides is 1. The second-order valence-electron chi connectivity index (χ2n) is 18.4. The summed E-state index contributed by atoms with van der Waals surface area (Å²) in [6, 6.07) is 5.99. The fourth-order valence-corrected chi connectivity index (χ4v) is 9.34. The number of fused-ring (bicyclic) bond motifs is 5. The van der Waals surface area contributed by atoms with Gasteiger partial charge in [0, 0.05) is 47.8 Å². The van der Waals surface area contributed by atoms with E-state index in [4.69, 9.17) is 35.4 Å². The Morgan fingerprint density at radius 3 is 2.43 bits per heavy atom. The maximum absolute atomic E-state index is 15.4. The van der Waals surface area contributed by atoms with Crippen LogP contribution in [0.3, 0.4) is 0 Å². The molecule has 0 saturated carbocycles. The standard InChI is InChI=1S/C50H62FN9O12/c1-5-50(68)33-21-38-43-31(23-60(38)46(64)32(33)25-71-47(50)65)41-35(13-12-30-27(4)34(51)22-37(56-43)40(30)41)58-49(67)72-24-28-8-10-29(11-9-28)55-44(62)36(7-6-16-54-48(53)66)57-45(63)42(26(2)3)59-39(61)14-17-69-19-20-70-18-15-52/h8-11,21-22,26,35-36,42,68H,5-7,12-20,23-25,52H2,1-4H3,(H,55,62)(H,57,63)(H,58,67)(H,59,61)(H3,53,54,66)/t35-,36?,42+,50-/m0/s1. The van der Waals surface area contributed by atoms with Gasteiger partial charge in [0.25, 0.3) is 5.56 Å². The van der Waals surface area contributed by atoms with E-state index in [-0.39, 0.29) is 82.2 Å². The summed E-state index contributed by atoms with van der Waals surface area (Å²) >= 11 is 0. The Kier molecular flexibility index (Phi) is 16.9. The number of nitrogens with two attached hydrogens (primary N) is 2. The average molecular weight is 1000 g/mol. The van der Waals surface area contributed by atoms with Gasteiger partial charge in [-0.05, 0) is 85.4 Å². The average Bonchev–Trinajstić information content (AvgIpc) is 3.72. The fourth-order valence-electron chi connectivity index (χ4n) is 9.34. The number of aryl methyl sites for hydroxylation is 1. The van der Waals surface area contributed by atoms with Crippen LogP contribution in [0.25, 0.3) is 22.3 Å². The summed E-state index contributed by atoms with van der Waals surface area (Å²) in [6.07, 6.45) is 0.404. The number of carbonyl (C=O) groups is 6. The molecule has 2 aromatic heterocycles. The van der Waals surface area contributed by atoms with Crippen LogP contribution in [0.4, 0.5) is 19.7 Å². The molecule has 2 aromatic carbocycles. The zero-order chi connectivity index (χ0) is 51.9. The van der Waals surface area contributed by atoms with Gasteiger partial charge in [-0.3, -0.25) is 19.2 Å². The van der Waals surface area contributed by atoms with Crippen LogP contribution in [0.2, 0.25) is 0 Å². The summed E-state index contributed by atoms with van der Waals surface area (Å²) in [6.45, 7) is 8.06. The number of halogens is 1. The van der Waals surface area contributed by atoms with E-state index in [0.29, 0.717) is 82.8 Å². The van der Waals surface area contributed by atoms with Crippen molar-refractivity contribution < 1.29 is 57.2 Å². The Balaban J connectivity index is 1.01. The quantitative estimate of drug-likeness (QED) is 0.0366. The van der Waals surface area contributed by atoms with Crippen molar-refractivity contribution in [2.45, 2.75) is 110 Å². The number of carbonyl (C=O) groups excluding carboxylic acids is 6. The van der Waals surface area contributed by atoms with Gasteiger partial charge >= 0.3 is 18.1 Å². The van der Waals surface area contributed by atoms with Crippen molar-refractivity contribution in [2.75, 3.05) is 44.8 Å². The number of cyclic esters (lactones) is 1. The Labute approximate surface area is 414 Å². The molecule has 0 fully saturated rings. The number of anilines is 1. The topological polar surface area (TPSA) is 307 Å².